The van der Waals surface area contributed by atoms with Gasteiger partial charge in [0.05, 0.1) is 21.8 Å². The van der Waals surface area contributed by atoms with E-state index >= 15 is 0 Å². The van der Waals surface area contributed by atoms with Crippen LogP contribution in [0, 0.1) is 6.92 Å². The molecule has 0 bridgehead atoms. The number of halogens is 2. The highest BCUT2D eigenvalue weighted by molar-refractivity contribution is 7.22. The van der Waals surface area contributed by atoms with Gasteiger partial charge in [-0.05, 0) is 55.0 Å². The van der Waals surface area contributed by atoms with Crippen LogP contribution in [0.25, 0.3) is 16.0 Å². The van der Waals surface area contributed by atoms with Gasteiger partial charge >= 0.3 is 5.91 Å². The summed E-state index contributed by atoms with van der Waals surface area (Å²) in [7, 11) is 0. The highest BCUT2D eigenvalue weighted by atomic mass is 35.5. The fourth-order valence-corrected chi connectivity index (χ4v) is 5.24. The molecule has 1 saturated heterocycles. The maximum Gasteiger partial charge on any atom is 0.301 e. The Bertz CT molecular complexity index is 1440. The van der Waals surface area contributed by atoms with Crippen LogP contribution in [0.5, 0.6) is 0 Å². The minimum atomic E-state index is -0.836. The predicted molar refractivity (Wildman–Crippen MR) is 132 cm³/mol. The zero-order valence-corrected chi connectivity index (χ0v) is 19.6. The van der Waals surface area contributed by atoms with Crippen LogP contribution in [0.15, 0.2) is 72.3 Å². The van der Waals surface area contributed by atoms with Crippen LogP contribution in [-0.2, 0) is 9.59 Å². The maximum absolute atomic E-state index is 13.3. The molecule has 1 atom stereocenters. The van der Waals surface area contributed by atoms with E-state index in [1.165, 1.54) is 16.2 Å². The van der Waals surface area contributed by atoms with Gasteiger partial charge in [0.1, 0.15) is 5.76 Å². The Labute approximate surface area is 203 Å². The van der Waals surface area contributed by atoms with Gasteiger partial charge in [0.15, 0.2) is 5.13 Å². The lowest BCUT2D eigenvalue weighted by molar-refractivity contribution is -0.132. The molecule has 1 fully saturated rings. The van der Waals surface area contributed by atoms with E-state index in [2.05, 4.69) is 4.98 Å². The maximum atomic E-state index is 13.3. The van der Waals surface area contributed by atoms with E-state index in [9.17, 15) is 14.7 Å². The van der Waals surface area contributed by atoms with Crippen molar-refractivity contribution < 1.29 is 14.7 Å². The molecule has 1 amide bonds. The van der Waals surface area contributed by atoms with Gasteiger partial charge in [-0.25, -0.2) is 4.98 Å². The third-order valence-electron chi connectivity index (χ3n) is 5.50. The summed E-state index contributed by atoms with van der Waals surface area (Å²) < 4.78 is 0.791. The first-order chi connectivity index (χ1) is 15.8. The molecule has 1 aliphatic heterocycles. The summed E-state index contributed by atoms with van der Waals surface area (Å²) in [6.45, 7) is 1.95. The lowest BCUT2D eigenvalue weighted by atomic mass is 9.95. The number of hydrogen-bond donors (Lipinski definition) is 1. The van der Waals surface area contributed by atoms with Crippen LogP contribution in [0.4, 0.5) is 5.13 Å². The minimum Gasteiger partial charge on any atom is -0.507 e. The molecule has 1 N–H and O–H groups in total. The van der Waals surface area contributed by atoms with Crippen LogP contribution in [0.2, 0.25) is 10.0 Å². The first-order valence-corrected chi connectivity index (χ1v) is 11.6. The van der Waals surface area contributed by atoms with Crippen molar-refractivity contribution in [1.29, 1.82) is 0 Å². The van der Waals surface area contributed by atoms with Crippen LogP contribution in [-0.4, -0.2) is 21.8 Å². The molecule has 1 aliphatic rings. The van der Waals surface area contributed by atoms with E-state index in [0.29, 0.717) is 31.8 Å². The van der Waals surface area contributed by atoms with Crippen LogP contribution < -0.4 is 4.90 Å². The quantitative estimate of drug-likeness (QED) is 0.199. The summed E-state index contributed by atoms with van der Waals surface area (Å²) in [5, 5.41) is 12.5. The first-order valence-electron chi connectivity index (χ1n) is 10.0. The van der Waals surface area contributed by atoms with Crippen molar-refractivity contribution in [1.82, 2.24) is 4.98 Å². The number of aliphatic hydroxyl groups excluding tert-OH is 1. The van der Waals surface area contributed by atoms with Gasteiger partial charge in [0, 0.05) is 15.6 Å². The number of carbonyl (C=O) groups excluding carboxylic acids is 2. The number of thiazole rings is 1. The molecule has 0 spiro atoms. The van der Waals surface area contributed by atoms with Gasteiger partial charge < -0.3 is 5.11 Å². The van der Waals surface area contributed by atoms with Crippen molar-refractivity contribution in [2.45, 2.75) is 13.0 Å². The van der Waals surface area contributed by atoms with Gasteiger partial charge in [-0.1, -0.05) is 64.4 Å². The first kappa shape index (κ1) is 21.6. The average Bonchev–Trinajstić information content (AvgIpc) is 3.32. The Morgan fingerprint density at radius 1 is 0.970 bits per heavy atom. The standard InChI is InChI=1S/C25H16Cl2N2O3S/c1-13-2-4-14(5-3-13)21-20(22(30)15-6-8-16(26)9-7-15)23(31)24(32)29(21)25-28-18-11-10-17(27)12-19(18)33-25/h2-12,21,30H,1H3. The number of fused-ring (bicyclic) bond motifs is 1. The molecule has 5 rings (SSSR count). The molecular formula is C25H16Cl2N2O3S. The lowest BCUT2D eigenvalue weighted by Crippen LogP contribution is -2.29. The van der Waals surface area contributed by atoms with Crippen LogP contribution >= 0.6 is 34.5 Å². The monoisotopic (exact) mass is 494 g/mol. The molecule has 33 heavy (non-hydrogen) atoms. The Balaban J connectivity index is 1.73. The number of aromatic nitrogens is 1. The highest BCUT2D eigenvalue weighted by Gasteiger charge is 2.48. The number of carbonyl (C=O) groups is 2. The van der Waals surface area contributed by atoms with Crippen molar-refractivity contribution in [3.63, 3.8) is 0 Å². The van der Waals surface area contributed by atoms with Gasteiger partial charge in [-0.15, -0.1) is 0 Å². The third-order valence-corrected chi connectivity index (χ3v) is 7.00. The normalized spacial score (nSPS) is 17.8. The van der Waals surface area contributed by atoms with E-state index in [1.807, 2.05) is 31.2 Å². The third kappa shape index (κ3) is 3.80. The largest absolute Gasteiger partial charge is 0.507 e. The number of amides is 1. The van der Waals surface area contributed by atoms with Crippen molar-refractivity contribution in [2.75, 3.05) is 4.90 Å². The molecule has 3 aromatic carbocycles. The van der Waals surface area contributed by atoms with Crippen molar-refractivity contribution in [2.24, 2.45) is 0 Å². The summed E-state index contributed by atoms with van der Waals surface area (Å²) in [6.07, 6.45) is 0. The number of benzene rings is 3. The summed E-state index contributed by atoms with van der Waals surface area (Å²) in [4.78, 5) is 32.4. The Kier molecular flexibility index (Phi) is 5.44. The molecule has 0 aliphatic carbocycles. The van der Waals surface area contributed by atoms with Gasteiger partial charge in [0.25, 0.3) is 5.78 Å². The summed E-state index contributed by atoms with van der Waals surface area (Å²) in [5.74, 6) is -1.78. The number of aliphatic hydroxyl groups is 1. The average molecular weight is 495 g/mol. The molecule has 1 aromatic heterocycles. The van der Waals surface area contributed by atoms with Crippen LogP contribution in [0.3, 0.4) is 0 Å². The van der Waals surface area contributed by atoms with Crippen molar-refractivity contribution in [3.8, 4) is 0 Å². The topological polar surface area (TPSA) is 70.5 Å². The molecule has 4 aromatic rings. The minimum absolute atomic E-state index is 0.00321. The zero-order valence-electron chi connectivity index (χ0n) is 17.3. The fourth-order valence-electron chi connectivity index (χ4n) is 3.85. The van der Waals surface area contributed by atoms with Crippen LogP contribution in [0.1, 0.15) is 22.7 Å². The zero-order chi connectivity index (χ0) is 23.3. The number of Topliss-reactive ketones (excluding diaryl/α,β-unsaturated/α-hetero) is 1. The van der Waals surface area contributed by atoms with Crippen molar-refractivity contribution >= 4 is 67.3 Å². The molecule has 5 nitrogen and oxygen atoms in total. The summed E-state index contributed by atoms with van der Waals surface area (Å²) in [6, 6.07) is 18.4. The molecule has 1 unspecified atom stereocenters. The van der Waals surface area contributed by atoms with E-state index in [4.69, 9.17) is 23.2 Å². The van der Waals surface area contributed by atoms with E-state index in [0.717, 1.165) is 10.3 Å². The number of ketones is 1. The number of nitrogens with zero attached hydrogens (tertiary/aromatic N) is 2. The second-order valence-electron chi connectivity index (χ2n) is 7.70. The van der Waals surface area contributed by atoms with E-state index < -0.39 is 17.7 Å². The Morgan fingerprint density at radius 3 is 2.33 bits per heavy atom. The smallest absolute Gasteiger partial charge is 0.301 e. The second kappa shape index (κ2) is 8.30. The lowest BCUT2D eigenvalue weighted by Gasteiger charge is -2.23. The molecule has 0 radical (unpaired) electrons. The summed E-state index contributed by atoms with van der Waals surface area (Å²) in [5.41, 5.74) is 2.78. The Morgan fingerprint density at radius 2 is 1.64 bits per heavy atom. The van der Waals surface area contributed by atoms with E-state index in [1.54, 1.807) is 42.5 Å². The second-order valence-corrected chi connectivity index (χ2v) is 9.58. The van der Waals surface area contributed by atoms with E-state index in [-0.39, 0.29) is 11.3 Å². The molecular weight excluding hydrogens is 479 g/mol. The number of hydrogen-bond acceptors (Lipinski definition) is 5. The molecule has 164 valence electrons. The van der Waals surface area contributed by atoms with Gasteiger partial charge in [-0.3, -0.25) is 14.5 Å². The summed E-state index contributed by atoms with van der Waals surface area (Å²) >= 11 is 13.4. The molecule has 8 heteroatoms. The Hall–Kier alpha value is -3.19. The highest BCUT2D eigenvalue weighted by Crippen LogP contribution is 2.44. The molecule has 2 heterocycles. The molecule has 0 saturated carbocycles. The van der Waals surface area contributed by atoms with Crippen molar-refractivity contribution in [3.05, 3.63) is 99.0 Å². The fraction of sp³-hybridized carbons (Fsp3) is 0.0800. The number of anilines is 1. The van der Waals surface area contributed by atoms with Gasteiger partial charge in [-0.2, -0.15) is 0 Å². The number of rotatable bonds is 3. The van der Waals surface area contributed by atoms with Gasteiger partial charge in [0.2, 0.25) is 0 Å². The number of aryl methyl sites for hydroxylation is 1. The predicted octanol–water partition coefficient (Wildman–Crippen LogP) is 6.54. The SMILES string of the molecule is Cc1ccc(C2C(=C(O)c3ccc(Cl)cc3)C(=O)C(=O)N2c2nc3ccc(Cl)cc3s2)cc1.